The lowest BCUT2D eigenvalue weighted by Gasteiger charge is -2.32. The van der Waals surface area contributed by atoms with Gasteiger partial charge in [0.1, 0.15) is 11.4 Å². The Bertz CT molecular complexity index is 373. The van der Waals surface area contributed by atoms with Gasteiger partial charge in [-0.25, -0.2) is 9.59 Å². The Balaban J connectivity index is 2.60. The van der Waals surface area contributed by atoms with E-state index in [-0.39, 0.29) is 12.2 Å². The van der Waals surface area contributed by atoms with Crippen molar-refractivity contribution in [2.75, 3.05) is 0 Å². The molecule has 0 aromatic heterocycles. The summed E-state index contributed by atoms with van der Waals surface area (Å²) in [4.78, 5) is 33.7. The molecule has 2 amide bonds. The number of ether oxygens (including phenoxy) is 1. The number of carboxylic acid groups (broad SMARTS) is 1. The van der Waals surface area contributed by atoms with Gasteiger partial charge >= 0.3 is 12.2 Å². The van der Waals surface area contributed by atoms with Crippen LogP contribution in [0.1, 0.15) is 40.0 Å². The van der Waals surface area contributed by atoms with E-state index >= 15 is 0 Å². The molecule has 0 saturated heterocycles. The van der Waals surface area contributed by atoms with Crippen molar-refractivity contribution in [3.63, 3.8) is 0 Å². The fraction of sp³-hybridized carbons (Fsp3) is 0.750. The van der Waals surface area contributed by atoms with Crippen molar-refractivity contribution in [2.45, 2.75) is 57.7 Å². The number of carbonyl (C=O) groups is 3. The summed E-state index contributed by atoms with van der Waals surface area (Å²) in [5.74, 6) is -0.0130. The van der Waals surface area contributed by atoms with Crippen molar-refractivity contribution in [2.24, 2.45) is 0 Å². The Morgan fingerprint density at radius 1 is 1.26 bits per heavy atom. The van der Waals surface area contributed by atoms with Crippen LogP contribution in [0.2, 0.25) is 0 Å². The number of amides is 2. The molecule has 0 aromatic carbocycles. The number of alkyl carbamates (subject to hydrolysis) is 1. The van der Waals surface area contributed by atoms with Gasteiger partial charge in [-0.05, 0) is 27.2 Å². The second kappa shape index (κ2) is 5.90. The molecule has 1 aliphatic rings. The maximum absolute atomic E-state index is 11.6. The molecule has 7 nitrogen and oxygen atoms in total. The Morgan fingerprint density at radius 2 is 1.89 bits per heavy atom. The molecule has 1 fully saturated rings. The van der Waals surface area contributed by atoms with E-state index in [1.165, 1.54) is 0 Å². The van der Waals surface area contributed by atoms with Crippen molar-refractivity contribution in [1.82, 2.24) is 10.6 Å². The average molecular weight is 272 g/mol. The van der Waals surface area contributed by atoms with E-state index in [1.54, 1.807) is 20.8 Å². The third-order valence-electron chi connectivity index (χ3n) is 2.68. The number of rotatable bonds is 2. The molecular formula is C12H20N2O5. The Morgan fingerprint density at radius 3 is 2.42 bits per heavy atom. The standard InChI is InChI=1S/C12H20N2O5/c1-12(2,3)19-11(18)14-8-5-4-7(15)6-9(8)13-10(16)17/h8-9,13H,4-6H2,1-3H3,(H,14,18)(H,16,17). The quantitative estimate of drug-likeness (QED) is 0.702. The predicted molar refractivity (Wildman–Crippen MR) is 67.0 cm³/mol. The van der Waals surface area contributed by atoms with Gasteiger partial charge in [0.25, 0.3) is 0 Å². The van der Waals surface area contributed by atoms with Crippen LogP contribution in [0, 0.1) is 0 Å². The maximum atomic E-state index is 11.6. The molecule has 7 heteroatoms. The molecule has 1 saturated carbocycles. The van der Waals surface area contributed by atoms with Gasteiger partial charge in [0.2, 0.25) is 0 Å². The van der Waals surface area contributed by atoms with E-state index < -0.39 is 29.9 Å². The second-order valence-corrected chi connectivity index (χ2v) is 5.59. The number of nitrogens with one attached hydrogen (secondary N) is 2. The fourth-order valence-corrected chi connectivity index (χ4v) is 1.95. The third kappa shape index (κ3) is 5.58. The Labute approximate surface area is 111 Å². The molecule has 108 valence electrons. The van der Waals surface area contributed by atoms with E-state index in [0.29, 0.717) is 12.8 Å². The number of hydrogen-bond donors (Lipinski definition) is 3. The van der Waals surface area contributed by atoms with Crippen molar-refractivity contribution >= 4 is 18.0 Å². The van der Waals surface area contributed by atoms with Gasteiger partial charge in [-0.2, -0.15) is 0 Å². The lowest BCUT2D eigenvalue weighted by Crippen LogP contribution is -2.55. The topological polar surface area (TPSA) is 105 Å². The zero-order valence-electron chi connectivity index (χ0n) is 11.4. The summed E-state index contributed by atoms with van der Waals surface area (Å²) < 4.78 is 5.11. The van der Waals surface area contributed by atoms with Gasteiger partial charge in [0.05, 0.1) is 12.1 Å². The molecule has 2 atom stereocenters. The van der Waals surface area contributed by atoms with Crippen LogP contribution in [-0.4, -0.2) is 40.8 Å². The highest BCUT2D eigenvalue weighted by Gasteiger charge is 2.32. The molecule has 0 spiro atoms. The summed E-state index contributed by atoms with van der Waals surface area (Å²) in [6, 6.07) is -1.03. The Hall–Kier alpha value is -1.79. The molecule has 1 aliphatic carbocycles. The molecule has 0 bridgehead atoms. The minimum atomic E-state index is -1.21. The molecule has 0 aliphatic heterocycles. The van der Waals surface area contributed by atoms with E-state index in [4.69, 9.17) is 9.84 Å². The highest BCUT2D eigenvalue weighted by Crippen LogP contribution is 2.17. The number of hydrogen-bond acceptors (Lipinski definition) is 4. The molecule has 2 unspecified atom stereocenters. The van der Waals surface area contributed by atoms with Crippen molar-refractivity contribution in [3.8, 4) is 0 Å². The summed E-state index contributed by atoms with van der Waals surface area (Å²) in [7, 11) is 0. The van der Waals surface area contributed by atoms with Gasteiger partial charge in [-0.3, -0.25) is 4.79 Å². The normalized spacial score (nSPS) is 23.6. The minimum Gasteiger partial charge on any atom is -0.465 e. The van der Waals surface area contributed by atoms with Gasteiger partial charge in [-0.1, -0.05) is 0 Å². The monoisotopic (exact) mass is 272 g/mol. The van der Waals surface area contributed by atoms with Crippen molar-refractivity contribution in [3.05, 3.63) is 0 Å². The van der Waals surface area contributed by atoms with Crippen LogP contribution >= 0.6 is 0 Å². The average Bonchev–Trinajstić information content (AvgIpc) is 2.18. The van der Waals surface area contributed by atoms with E-state index in [9.17, 15) is 14.4 Å². The van der Waals surface area contributed by atoms with Crippen LogP contribution < -0.4 is 10.6 Å². The lowest BCUT2D eigenvalue weighted by atomic mass is 9.89. The molecule has 19 heavy (non-hydrogen) atoms. The van der Waals surface area contributed by atoms with E-state index in [0.717, 1.165) is 0 Å². The van der Waals surface area contributed by atoms with Gasteiger partial charge in [-0.15, -0.1) is 0 Å². The molecule has 3 N–H and O–H groups in total. The largest absolute Gasteiger partial charge is 0.465 e. The summed E-state index contributed by atoms with van der Waals surface area (Å²) in [5, 5.41) is 13.6. The number of ketones is 1. The molecule has 1 rings (SSSR count). The predicted octanol–water partition coefficient (Wildman–Crippen LogP) is 1.27. The highest BCUT2D eigenvalue weighted by atomic mass is 16.6. The van der Waals surface area contributed by atoms with Crippen LogP contribution in [0.5, 0.6) is 0 Å². The zero-order chi connectivity index (χ0) is 14.6. The zero-order valence-corrected chi connectivity index (χ0v) is 11.4. The van der Waals surface area contributed by atoms with Crippen LogP contribution in [0.4, 0.5) is 9.59 Å². The molecule has 0 radical (unpaired) electrons. The first-order valence-corrected chi connectivity index (χ1v) is 6.18. The number of carbonyl (C=O) groups excluding carboxylic acids is 2. The fourth-order valence-electron chi connectivity index (χ4n) is 1.95. The lowest BCUT2D eigenvalue weighted by molar-refractivity contribution is -0.121. The smallest absolute Gasteiger partial charge is 0.407 e. The van der Waals surface area contributed by atoms with Gasteiger partial charge in [0, 0.05) is 12.8 Å². The summed E-state index contributed by atoms with van der Waals surface area (Å²) in [6.07, 6.45) is -0.992. The summed E-state index contributed by atoms with van der Waals surface area (Å²) in [6.45, 7) is 5.22. The van der Waals surface area contributed by atoms with Crippen LogP contribution in [-0.2, 0) is 9.53 Å². The SMILES string of the molecule is CC(C)(C)OC(=O)NC1CCC(=O)CC1NC(=O)O. The molecule has 0 aromatic rings. The van der Waals surface area contributed by atoms with Crippen LogP contribution in [0.15, 0.2) is 0 Å². The first-order valence-electron chi connectivity index (χ1n) is 6.18. The third-order valence-corrected chi connectivity index (χ3v) is 2.68. The summed E-state index contributed by atoms with van der Waals surface area (Å²) in [5.41, 5.74) is -0.621. The van der Waals surface area contributed by atoms with Crippen LogP contribution in [0.3, 0.4) is 0 Å². The molecular weight excluding hydrogens is 252 g/mol. The van der Waals surface area contributed by atoms with Crippen LogP contribution in [0.25, 0.3) is 0 Å². The van der Waals surface area contributed by atoms with E-state index in [2.05, 4.69) is 10.6 Å². The van der Waals surface area contributed by atoms with Crippen molar-refractivity contribution in [1.29, 1.82) is 0 Å². The second-order valence-electron chi connectivity index (χ2n) is 5.59. The first kappa shape index (κ1) is 15.3. The molecule has 0 heterocycles. The number of Topliss-reactive ketones (excluding diaryl/α,β-unsaturated/α-hetero) is 1. The van der Waals surface area contributed by atoms with Gasteiger partial charge in [0.15, 0.2) is 0 Å². The summed E-state index contributed by atoms with van der Waals surface area (Å²) >= 11 is 0. The Kier molecular flexibility index (Phi) is 4.74. The van der Waals surface area contributed by atoms with E-state index in [1.807, 2.05) is 0 Å². The first-order chi connectivity index (χ1) is 8.67. The van der Waals surface area contributed by atoms with Gasteiger partial charge < -0.3 is 20.5 Å². The van der Waals surface area contributed by atoms with Crippen molar-refractivity contribution < 1.29 is 24.2 Å². The maximum Gasteiger partial charge on any atom is 0.407 e. The highest BCUT2D eigenvalue weighted by molar-refractivity contribution is 5.81. The minimum absolute atomic E-state index is 0.0130.